The summed E-state index contributed by atoms with van der Waals surface area (Å²) >= 11 is 0. The lowest BCUT2D eigenvalue weighted by atomic mass is 10.2. The number of rotatable bonds is 6. The molecule has 7 heteroatoms. The zero-order valence-electron chi connectivity index (χ0n) is 15.7. The van der Waals surface area contributed by atoms with Gasteiger partial charge in [-0.2, -0.15) is 5.10 Å². The summed E-state index contributed by atoms with van der Waals surface area (Å²) in [4.78, 5) is 23.9. The first kappa shape index (κ1) is 19.6. The van der Waals surface area contributed by atoms with Gasteiger partial charge >= 0.3 is 11.8 Å². The number of methoxy groups -OCH3 is 1. The summed E-state index contributed by atoms with van der Waals surface area (Å²) in [5.41, 5.74) is 3.31. The number of carbonyl (C=O) groups is 2. The molecule has 3 aromatic carbocycles. The van der Waals surface area contributed by atoms with E-state index in [-0.39, 0.29) is 0 Å². The largest absolute Gasteiger partial charge is 0.496 e. The van der Waals surface area contributed by atoms with Gasteiger partial charge in [0.05, 0.1) is 13.3 Å². The van der Waals surface area contributed by atoms with Crippen LogP contribution in [0.25, 0.3) is 0 Å². The van der Waals surface area contributed by atoms with Crippen molar-refractivity contribution in [3.8, 4) is 17.2 Å². The van der Waals surface area contributed by atoms with E-state index < -0.39 is 11.8 Å². The van der Waals surface area contributed by atoms with Crippen LogP contribution in [0.15, 0.2) is 84.0 Å². The number of amides is 2. The lowest BCUT2D eigenvalue weighted by Crippen LogP contribution is -2.32. The highest BCUT2D eigenvalue weighted by Crippen LogP contribution is 2.22. The van der Waals surface area contributed by atoms with E-state index >= 15 is 0 Å². The van der Waals surface area contributed by atoms with E-state index in [0.29, 0.717) is 28.5 Å². The molecule has 0 fully saturated rings. The fraction of sp³-hybridized carbons (Fsp3) is 0.0455. The smallest absolute Gasteiger partial charge is 0.329 e. The lowest BCUT2D eigenvalue weighted by molar-refractivity contribution is -0.136. The van der Waals surface area contributed by atoms with Crippen LogP contribution in [0.3, 0.4) is 0 Å². The molecule has 146 valence electrons. The van der Waals surface area contributed by atoms with Gasteiger partial charge in [0.15, 0.2) is 0 Å². The first-order valence-corrected chi connectivity index (χ1v) is 8.76. The van der Waals surface area contributed by atoms with E-state index in [4.69, 9.17) is 9.47 Å². The standard InChI is InChI=1S/C22H19N3O4/c1-28-20-10-6-5-7-16(20)15-23-25-22(27)21(26)24-17-11-13-19(14-12-17)29-18-8-3-2-4-9-18/h2-15H,1H3,(H,24,26)(H,25,27)/b23-15-. The van der Waals surface area contributed by atoms with Crippen LogP contribution >= 0.6 is 0 Å². The topological polar surface area (TPSA) is 89.0 Å². The number of ether oxygens (including phenoxy) is 2. The number of hydrogen-bond acceptors (Lipinski definition) is 5. The van der Waals surface area contributed by atoms with E-state index in [1.54, 1.807) is 36.4 Å². The highest BCUT2D eigenvalue weighted by Gasteiger charge is 2.13. The number of hydrazone groups is 1. The van der Waals surface area contributed by atoms with Gasteiger partial charge in [-0.15, -0.1) is 0 Å². The summed E-state index contributed by atoms with van der Waals surface area (Å²) in [6, 6.07) is 23.2. The Morgan fingerprint density at radius 2 is 1.48 bits per heavy atom. The molecule has 0 bridgehead atoms. The van der Waals surface area contributed by atoms with Crippen LogP contribution in [0.2, 0.25) is 0 Å². The Bertz CT molecular complexity index is 1000. The van der Waals surface area contributed by atoms with Crippen molar-refractivity contribution in [1.29, 1.82) is 0 Å². The van der Waals surface area contributed by atoms with E-state index in [0.717, 1.165) is 0 Å². The second-order valence-electron chi connectivity index (χ2n) is 5.83. The number of carbonyl (C=O) groups excluding carboxylic acids is 2. The van der Waals surface area contributed by atoms with Gasteiger partial charge in [0.1, 0.15) is 17.2 Å². The summed E-state index contributed by atoms with van der Waals surface area (Å²) < 4.78 is 10.9. The van der Waals surface area contributed by atoms with Crippen molar-refractivity contribution in [2.45, 2.75) is 0 Å². The van der Waals surface area contributed by atoms with Crippen LogP contribution in [0.4, 0.5) is 5.69 Å². The van der Waals surface area contributed by atoms with Gasteiger partial charge < -0.3 is 14.8 Å². The third kappa shape index (κ3) is 5.67. The molecular formula is C22H19N3O4. The third-order valence-electron chi connectivity index (χ3n) is 3.81. The fourth-order valence-electron chi connectivity index (χ4n) is 2.40. The third-order valence-corrected chi connectivity index (χ3v) is 3.81. The van der Waals surface area contributed by atoms with E-state index in [1.165, 1.54) is 13.3 Å². The molecule has 0 aliphatic carbocycles. The highest BCUT2D eigenvalue weighted by atomic mass is 16.5. The van der Waals surface area contributed by atoms with Gasteiger partial charge in [-0.25, -0.2) is 5.43 Å². The van der Waals surface area contributed by atoms with Crippen molar-refractivity contribution in [3.63, 3.8) is 0 Å². The SMILES string of the molecule is COc1ccccc1/C=N\NC(=O)C(=O)Nc1ccc(Oc2ccccc2)cc1. The number of para-hydroxylation sites is 2. The molecule has 0 aliphatic heterocycles. The minimum Gasteiger partial charge on any atom is -0.496 e. The van der Waals surface area contributed by atoms with Crippen LogP contribution in [0.1, 0.15) is 5.56 Å². The van der Waals surface area contributed by atoms with Crippen molar-refractivity contribution < 1.29 is 19.1 Å². The molecule has 0 atom stereocenters. The molecule has 0 aromatic heterocycles. The first-order chi connectivity index (χ1) is 14.2. The summed E-state index contributed by atoms with van der Waals surface area (Å²) in [5, 5.41) is 6.29. The first-order valence-electron chi connectivity index (χ1n) is 8.76. The minimum absolute atomic E-state index is 0.458. The quantitative estimate of drug-likeness (QED) is 0.383. The Morgan fingerprint density at radius 1 is 0.828 bits per heavy atom. The minimum atomic E-state index is -0.888. The van der Waals surface area contributed by atoms with Crippen LogP contribution in [0, 0.1) is 0 Å². The van der Waals surface area contributed by atoms with E-state index in [9.17, 15) is 9.59 Å². The molecule has 0 spiro atoms. The molecule has 3 rings (SSSR count). The van der Waals surface area contributed by atoms with Crippen molar-refractivity contribution >= 4 is 23.7 Å². The van der Waals surface area contributed by atoms with Gasteiger partial charge in [-0.3, -0.25) is 9.59 Å². The Kier molecular flexibility index (Phi) is 6.57. The maximum Gasteiger partial charge on any atom is 0.329 e. The maximum atomic E-state index is 12.0. The zero-order valence-corrected chi connectivity index (χ0v) is 15.7. The van der Waals surface area contributed by atoms with Crippen molar-refractivity contribution in [1.82, 2.24) is 5.43 Å². The number of anilines is 1. The lowest BCUT2D eigenvalue weighted by Gasteiger charge is -2.07. The molecule has 0 saturated carbocycles. The highest BCUT2D eigenvalue weighted by molar-refractivity contribution is 6.39. The Labute approximate surface area is 168 Å². The van der Waals surface area contributed by atoms with E-state index in [2.05, 4.69) is 15.8 Å². The molecular weight excluding hydrogens is 370 g/mol. The van der Waals surface area contributed by atoms with Gasteiger partial charge in [-0.1, -0.05) is 30.3 Å². The molecule has 0 unspecified atom stereocenters. The van der Waals surface area contributed by atoms with Crippen molar-refractivity contribution in [3.05, 3.63) is 84.4 Å². The van der Waals surface area contributed by atoms with Gasteiger partial charge in [0.25, 0.3) is 0 Å². The van der Waals surface area contributed by atoms with Crippen LogP contribution in [0.5, 0.6) is 17.2 Å². The summed E-state index contributed by atoms with van der Waals surface area (Å²) in [5.74, 6) is 0.198. The average molecular weight is 389 g/mol. The predicted octanol–water partition coefficient (Wildman–Crippen LogP) is 3.58. The van der Waals surface area contributed by atoms with Crippen LogP contribution in [-0.2, 0) is 9.59 Å². The van der Waals surface area contributed by atoms with Crippen molar-refractivity contribution in [2.24, 2.45) is 5.10 Å². The normalized spacial score (nSPS) is 10.4. The second-order valence-corrected chi connectivity index (χ2v) is 5.83. The number of nitrogens with one attached hydrogen (secondary N) is 2. The average Bonchev–Trinajstić information content (AvgIpc) is 2.76. The van der Waals surface area contributed by atoms with Gasteiger partial charge in [0, 0.05) is 11.3 Å². The van der Waals surface area contributed by atoms with Crippen molar-refractivity contribution in [2.75, 3.05) is 12.4 Å². The summed E-state index contributed by atoms with van der Waals surface area (Å²) in [6.45, 7) is 0. The maximum absolute atomic E-state index is 12.0. The van der Waals surface area contributed by atoms with Gasteiger partial charge in [-0.05, 0) is 48.5 Å². The molecule has 0 aliphatic rings. The zero-order chi connectivity index (χ0) is 20.5. The Balaban J connectivity index is 1.52. The van der Waals surface area contributed by atoms with Crippen LogP contribution < -0.4 is 20.2 Å². The molecule has 0 saturated heterocycles. The molecule has 0 heterocycles. The predicted molar refractivity (Wildman–Crippen MR) is 110 cm³/mol. The molecule has 29 heavy (non-hydrogen) atoms. The Morgan fingerprint density at radius 3 is 2.21 bits per heavy atom. The summed E-state index contributed by atoms with van der Waals surface area (Å²) in [7, 11) is 1.54. The summed E-state index contributed by atoms with van der Waals surface area (Å²) in [6.07, 6.45) is 1.40. The second kappa shape index (κ2) is 9.70. The molecule has 0 radical (unpaired) electrons. The molecule has 3 aromatic rings. The van der Waals surface area contributed by atoms with Gasteiger partial charge in [0.2, 0.25) is 0 Å². The van der Waals surface area contributed by atoms with Crippen LogP contribution in [-0.4, -0.2) is 25.1 Å². The number of hydrogen-bond donors (Lipinski definition) is 2. The van der Waals surface area contributed by atoms with E-state index in [1.807, 2.05) is 42.5 Å². The molecule has 7 nitrogen and oxygen atoms in total. The molecule has 2 N–H and O–H groups in total. The number of benzene rings is 3. The molecule has 2 amide bonds. The number of nitrogens with zero attached hydrogens (tertiary/aromatic N) is 1. The fourth-order valence-corrected chi connectivity index (χ4v) is 2.40. The Hall–Kier alpha value is -4.13. The monoisotopic (exact) mass is 389 g/mol.